The van der Waals surface area contributed by atoms with Crippen molar-refractivity contribution >= 4 is 5.97 Å². The van der Waals surface area contributed by atoms with Crippen molar-refractivity contribution in [2.24, 2.45) is 5.92 Å². The highest BCUT2D eigenvalue weighted by Crippen LogP contribution is 2.30. The van der Waals surface area contributed by atoms with Gasteiger partial charge in [0.15, 0.2) is 0 Å². The summed E-state index contributed by atoms with van der Waals surface area (Å²) < 4.78 is 13.0. The van der Waals surface area contributed by atoms with Crippen molar-refractivity contribution in [3.63, 3.8) is 0 Å². The SMILES string of the molecule is CCC(F)[C@H]1CC=C(C(=O)O)C1. The van der Waals surface area contributed by atoms with E-state index in [2.05, 4.69) is 0 Å². The number of rotatable bonds is 3. The molecule has 0 aromatic heterocycles. The van der Waals surface area contributed by atoms with Gasteiger partial charge in [0.05, 0.1) is 0 Å². The summed E-state index contributed by atoms with van der Waals surface area (Å²) in [6, 6.07) is 0. The van der Waals surface area contributed by atoms with Gasteiger partial charge in [0.2, 0.25) is 0 Å². The Kier molecular flexibility index (Phi) is 2.84. The van der Waals surface area contributed by atoms with Crippen molar-refractivity contribution in [3.8, 4) is 0 Å². The van der Waals surface area contributed by atoms with E-state index in [4.69, 9.17) is 5.11 Å². The number of halogens is 1. The Labute approximate surface area is 71.1 Å². The fourth-order valence-electron chi connectivity index (χ4n) is 1.53. The van der Waals surface area contributed by atoms with Crippen LogP contribution in [0.2, 0.25) is 0 Å². The highest BCUT2D eigenvalue weighted by molar-refractivity contribution is 5.87. The van der Waals surface area contributed by atoms with Crippen LogP contribution in [-0.2, 0) is 4.79 Å². The maximum atomic E-state index is 13.0. The predicted octanol–water partition coefficient (Wildman–Crippen LogP) is 2.16. The third-order valence-corrected chi connectivity index (χ3v) is 2.33. The minimum atomic E-state index is -0.902. The summed E-state index contributed by atoms with van der Waals surface area (Å²) in [7, 11) is 0. The fraction of sp³-hybridized carbons (Fsp3) is 0.667. The van der Waals surface area contributed by atoms with E-state index in [1.54, 1.807) is 13.0 Å². The van der Waals surface area contributed by atoms with Crippen LogP contribution < -0.4 is 0 Å². The van der Waals surface area contributed by atoms with Gasteiger partial charge in [-0.3, -0.25) is 0 Å². The maximum Gasteiger partial charge on any atom is 0.331 e. The van der Waals surface area contributed by atoms with Gasteiger partial charge in [-0.25, -0.2) is 9.18 Å². The normalized spacial score (nSPS) is 25.2. The molecule has 0 heterocycles. The summed E-state index contributed by atoms with van der Waals surface area (Å²) in [4.78, 5) is 10.5. The molecule has 0 fully saturated rings. The monoisotopic (exact) mass is 172 g/mol. The molecule has 0 aliphatic heterocycles. The molecule has 1 N–H and O–H groups in total. The van der Waals surface area contributed by atoms with Gasteiger partial charge in [0.1, 0.15) is 6.17 Å². The van der Waals surface area contributed by atoms with E-state index in [-0.39, 0.29) is 5.92 Å². The average Bonchev–Trinajstić information content (AvgIpc) is 2.51. The van der Waals surface area contributed by atoms with Crippen LogP contribution in [0.25, 0.3) is 0 Å². The van der Waals surface area contributed by atoms with Gasteiger partial charge in [-0.2, -0.15) is 0 Å². The molecular weight excluding hydrogens is 159 g/mol. The fourth-order valence-corrected chi connectivity index (χ4v) is 1.53. The molecule has 1 aliphatic rings. The van der Waals surface area contributed by atoms with Crippen LogP contribution in [0.4, 0.5) is 4.39 Å². The standard InChI is InChI=1S/C9H13FO2/c1-2-8(10)6-3-4-7(5-6)9(11)12/h4,6,8H,2-3,5H2,1H3,(H,11,12)/t6-,8?/m0/s1. The Morgan fingerprint density at radius 3 is 3.00 bits per heavy atom. The Bertz CT molecular complexity index is 211. The van der Waals surface area contributed by atoms with Crippen molar-refractivity contribution < 1.29 is 14.3 Å². The zero-order chi connectivity index (χ0) is 9.14. The van der Waals surface area contributed by atoms with Crippen LogP contribution in [0.5, 0.6) is 0 Å². The second-order valence-electron chi connectivity index (χ2n) is 3.16. The van der Waals surface area contributed by atoms with Crippen LogP contribution in [0.1, 0.15) is 26.2 Å². The van der Waals surface area contributed by atoms with Gasteiger partial charge in [-0.1, -0.05) is 13.0 Å². The van der Waals surface area contributed by atoms with Gasteiger partial charge in [-0.15, -0.1) is 0 Å². The number of carbonyl (C=O) groups is 1. The lowest BCUT2D eigenvalue weighted by Crippen LogP contribution is -2.12. The van der Waals surface area contributed by atoms with E-state index in [9.17, 15) is 9.18 Å². The summed E-state index contributed by atoms with van der Waals surface area (Å²) in [6.45, 7) is 1.78. The number of carboxylic acid groups (broad SMARTS) is 1. The van der Waals surface area contributed by atoms with E-state index in [1.807, 2.05) is 0 Å². The molecule has 1 unspecified atom stereocenters. The zero-order valence-corrected chi connectivity index (χ0v) is 7.09. The molecule has 0 saturated heterocycles. The van der Waals surface area contributed by atoms with Crippen LogP contribution in [0.3, 0.4) is 0 Å². The lowest BCUT2D eigenvalue weighted by atomic mass is 9.98. The van der Waals surface area contributed by atoms with E-state index >= 15 is 0 Å². The summed E-state index contributed by atoms with van der Waals surface area (Å²) in [5.41, 5.74) is 0.371. The highest BCUT2D eigenvalue weighted by atomic mass is 19.1. The molecule has 0 spiro atoms. The Morgan fingerprint density at radius 2 is 2.58 bits per heavy atom. The van der Waals surface area contributed by atoms with E-state index < -0.39 is 12.1 Å². The number of alkyl halides is 1. The lowest BCUT2D eigenvalue weighted by Gasteiger charge is -2.12. The largest absolute Gasteiger partial charge is 0.478 e. The maximum absolute atomic E-state index is 13.0. The topological polar surface area (TPSA) is 37.3 Å². The molecule has 0 saturated carbocycles. The van der Waals surface area contributed by atoms with Crippen molar-refractivity contribution in [2.75, 3.05) is 0 Å². The number of aliphatic carboxylic acids is 1. The first-order chi connectivity index (χ1) is 5.65. The number of carboxylic acids is 1. The molecule has 12 heavy (non-hydrogen) atoms. The Hall–Kier alpha value is -0.860. The van der Waals surface area contributed by atoms with Crippen LogP contribution in [0, 0.1) is 5.92 Å². The van der Waals surface area contributed by atoms with Gasteiger partial charge in [0, 0.05) is 5.57 Å². The minimum Gasteiger partial charge on any atom is -0.478 e. The van der Waals surface area contributed by atoms with E-state index in [1.165, 1.54) is 0 Å². The molecule has 1 rings (SSSR count). The van der Waals surface area contributed by atoms with Gasteiger partial charge >= 0.3 is 5.97 Å². The first-order valence-corrected chi connectivity index (χ1v) is 4.21. The minimum absolute atomic E-state index is 0.0962. The molecule has 68 valence electrons. The van der Waals surface area contributed by atoms with Crippen LogP contribution in [-0.4, -0.2) is 17.2 Å². The lowest BCUT2D eigenvalue weighted by molar-refractivity contribution is -0.132. The molecule has 3 heteroatoms. The first kappa shape index (κ1) is 9.23. The van der Waals surface area contributed by atoms with Gasteiger partial charge in [-0.05, 0) is 25.2 Å². The molecule has 0 radical (unpaired) electrons. The van der Waals surface area contributed by atoms with E-state index in [0.29, 0.717) is 24.8 Å². The van der Waals surface area contributed by atoms with E-state index in [0.717, 1.165) is 0 Å². The molecule has 2 atom stereocenters. The Morgan fingerprint density at radius 1 is 1.92 bits per heavy atom. The summed E-state index contributed by atoms with van der Waals surface area (Å²) in [6.07, 6.45) is 2.24. The second kappa shape index (κ2) is 3.70. The second-order valence-corrected chi connectivity index (χ2v) is 3.16. The average molecular weight is 172 g/mol. The third-order valence-electron chi connectivity index (χ3n) is 2.33. The van der Waals surface area contributed by atoms with Crippen molar-refractivity contribution in [1.29, 1.82) is 0 Å². The molecular formula is C9H13FO2. The molecule has 2 nitrogen and oxygen atoms in total. The predicted molar refractivity (Wildman–Crippen MR) is 43.6 cm³/mol. The van der Waals surface area contributed by atoms with Crippen molar-refractivity contribution in [3.05, 3.63) is 11.6 Å². The number of hydrogen-bond donors (Lipinski definition) is 1. The first-order valence-electron chi connectivity index (χ1n) is 4.21. The summed E-state index contributed by atoms with van der Waals surface area (Å²) in [5.74, 6) is -0.998. The van der Waals surface area contributed by atoms with Crippen LogP contribution in [0.15, 0.2) is 11.6 Å². The number of allylic oxidation sites excluding steroid dienone is 1. The third kappa shape index (κ3) is 1.84. The van der Waals surface area contributed by atoms with Crippen molar-refractivity contribution in [2.45, 2.75) is 32.4 Å². The summed E-state index contributed by atoms with van der Waals surface area (Å²) in [5, 5.41) is 8.59. The molecule has 0 bridgehead atoms. The van der Waals surface area contributed by atoms with Crippen LogP contribution >= 0.6 is 0 Å². The highest BCUT2D eigenvalue weighted by Gasteiger charge is 2.27. The molecule has 0 aromatic carbocycles. The smallest absolute Gasteiger partial charge is 0.331 e. The molecule has 0 amide bonds. The quantitative estimate of drug-likeness (QED) is 0.708. The zero-order valence-electron chi connectivity index (χ0n) is 7.09. The molecule has 0 aromatic rings. The Balaban J connectivity index is 2.46. The van der Waals surface area contributed by atoms with Crippen molar-refractivity contribution in [1.82, 2.24) is 0 Å². The van der Waals surface area contributed by atoms with Gasteiger partial charge < -0.3 is 5.11 Å². The summed E-state index contributed by atoms with van der Waals surface area (Å²) >= 11 is 0. The molecule has 1 aliphatic carbocycles. The van der Waals surface area contributed by atoms with Gasteiger partial charge in [0.25, 0.3) is 0 Å². The number of hydrogen-bond acceptors (Lipinski definition) is 1.